The van der Waals surface area contributed by atoms with Gasteiger partial charge in [-0.1, -0.05) is 25.3 Å². The largest absolute Gasteiger partial charge is 0.478 e. The molecule has 0 bridgehead atoms. The lowest BCUT2D eigenvalue weighted by Gasteiger charge is -2.08. The normalized spacial score (nSPS) is 9.52. The van der Waals surface area contributed by atoms with Gasteiger partial charge in [0.2, 0.25) is 0 Å². The van der Waals surface area contributed by atoms with E-state index < -0.39 is 17.9 Å². The highest BCUT2D eigenvalue weighted by molar-refractivity contribution is 6.04. The first kappa shape index (κ1) is 16.2. The Balaban J connectivity index is 3.09. The Hall–Kier alpha value is -2.89. The SMILES string of the molecule is C=CCOC(=O)c1ccc(C(=O)OCC=C)c(C(=O)O)c1. The van der Waals surface area contributed by atoms with Crippen molar-refractivity contribution in [3.63, 3.8) is 0 Å². The highest BCUT2D eigenvalue weighted by Crippen LogP contribution is 2.15. The predicted octanol–water partition coefficient (Wildman–Crippen LogP) is 2.07. The summed E-state index contributed by atoms with van der Waals surface area (Å²) in [7, 11) is 0. The average Bonchev–Trinajstić information content (AvgIpc) is 2.49. The summed E-state index contributed by atoms with van der Waals surface area (Å²) in [5, 5.41) is 9.13. The van der Waals surface area contributed by atoms with Crippen LogP contribution in [0.25, 0.3) is 0 Å². The topological polar surface area (TPSA) is 89.9 Å². The summed E-state index contributed by atoms with van der Waals surface area (Å²) in [6.45, 7) is 6.75. The van der Waals surface area contributed by atoms with E-state index in [4.69, 9.17) is 14.6 Å². The molecule has 0 spiro atoms. The van der Waals surface area contributed by atoms with Crippen LogP contribution >= 0.6 is 0 Å². The molecule has 1 N–H and O–H groups in total. The van der Waals surface area contributed by atoms with Crippen LogP contribution in [-0.4, -0.2) is 36.2 Å². The smallest absolute Gasteiger partial charge is 0.339 e. The molecular weight excluding hydrogens is 276 g/mol. The van der Waals surface area contributed by atoms with Gasteiger partial charge < -0.3 is 14.6 Å². The standard InChI is InChI=1S/C15H14O6/c1-3-7-20-14(18)10-5-6-11(12(9-10)13(16)17)15(19)21-8-4-2/h3-6,9H,1-2,7-8H2,(H,16,17). The van der Waals surface area contributed by atoms with E-state index in [0.717, 1.165) is 6.07 Å². The monoisotopic (exact) mass is 290 g/mol. The summed E-state index contributed by atoms with van der Waals surface area (Å²) in [5.41, 5.74) is -0.462. The van der Waals surface area contributed by atoms with E-state index in [1.165, 1.54) is 24.3 Å². The Morgan fingerprint density at radius 1 is 1.00 bits per heavy atom. The predicted molar refractivity (Wildman–Crippen MR) is 74.4 cm³/mol. The lowest BCUT2D eigenvalue weighted by Crippen LogP contribution is -2.14. The first-order valence-corrected chi connectivity index (χ1v) is 5.94. The molecule has 0 fully saturated rings. The minimum atomic E-state index is -1.35. The molecular formula is C15H14O6. The molecule has 0 aliphatic rings. The van der Waals surface area contributed by atoms with E-state index >= 15 is 0 Å². The fraction of sp³-hybridized carbons (Fsp3) is 0.133. The number of carbonyl (C=O) groups excluding carboxylic acids is 2. The molecule has 0 aromatic heterocycles. The molecule has 0 aliphatic carbocycles. The van der Waals surface area contributed by atoms with Crippen LogP contribution in [0.15, 0.2) is 43.5 Å². The molecule has 1 rings (SSSR count). The van der Waals surface area contributed by atoms with Gasteiger partial charge in [-0.3, -0.25) is 0 Å². The van der Waals surface area contributed by atoms with Gasteiger partial charge in [-0.2, -0.15) is 0 Å². The summed E-state index contributed by atoms with van der Waals surface area (Å²) in [4.78, 5) is 34.6. The number of carbonyl (C=O) groups is 3. The number of aromatic carboxylic acids is 1. The van der Waals surface area contributed by atoms with Crippen LogP contribution in [0.1, 0.15) is 31.1 Å². The maximum absolute atomic E-state index is 11.7. The van der Waals surface area contributed by atoms with Crippen LogP contribution in [0.5, 0.6) is 0 Å². The van der Waals surface area contributed by atoms with Crippen molar-refractivity contribution in [3.05, 3.63) is 60.2 Å². The molecule has 0 heterocycles. The quantitative estimate of drug-likeness (QED) is 0.610. The summed E-state index contributed by atoms with van der Waals surface area (Å²) < 4.78 is 9.58. The fourth-order valence-electron chi connectivity index (χ4n) is 1.46. The van der Waals surface area contributed by atoms with E-state index in [-0.39, 0.29) is 29.9 Å². The zero-order valence-electron chi connectivity index (χ0n) is 11.2. The Morgan fingerprint density at radius 3 is 2.10 bits per heavy atom. The van der Waals surface area contributed by atoms with Crippen LogP contribution in [0, 0.1) is 0 Å². The van der Waals surface area contributed by atoms with Gasteiger partial charge in [-0.15, -0.1) is 0 Å². The van der Waals surface area contributed by atoms with Crippen LogP contribution < -0.4 is 0 Å². The Kier molecular flexibility index (Phi) is 5.88. The van der Waals surface area contributed by atoms with Crippen LogP contribution in [0.4, 0.5) is 0 Å². The third kappa shape index (κ3) is 4.31. The van der Waals surface area contributed by atoms with E-state index in [2.05, 4.69) is 13.2 Å². The van der Waals surface area contributed by atoms with Gasteiger partial charge in [0.05, 0.1) is 16.7 Å². The van der Waals surface area contributed by atoms with Crippen molar-refractivity contribution >= 4 is 17.9 Å². The molecule has 1 aromatic carbocycles. The van der Waals surface area contributed by atoms with Crippen molar-refractivity contribution < 1.29 is 29.0 Å². The molecule has 1 aromatic rings. The molecule has 0 atom stereocenters. The second-order valence-corrected chi connectivity index (χ2v) is 3.84. The number of carboxylic acid groups (broad SMARTS) is 1. The van der Waals surface area contributed by atoms with Crippen LogP contribution in [0.3, 0.4) is 0 Å². The summed E-state index contributed by atoms with van der Waals surface area (Å²) in [6, 6.07) is 3.57. The van der Waals surface area contributed by atoms with Gasteiger partial charge in [0.1, 0.15) is 13.2 Å². The number of ether oxygens (including phenoxy) is 2. The molecule has 6 heteroatoms. The minimum absolute atomic E-state index is 0.00433. The van der Waals surface area contributed by atoms with Crippen molar-refractivity contribution in [2.75, 3.05) is 13.2 Å². The molecule has 0 saturated carbocycles. The molecule has 6 nitrogen and oxygen atoms in total. The van der Waals surface area contributed by atoms with E-state index in [1.54, 1.807) is 0 Å². The molecule has 21 heavy (non-hydrogen) atoms. The zero-order chi connectivity index (χ0) is 15.8. The average molecular weight is 290 g/mol. The molecule has 110 valence electrons. The van der Waals surface area contributed by atoms with Gasteiger partial charge >= 0.3 is 17.9 Å². The molecule has 0 radical (unpaired) electrons. The highest BCUT2D eigenvalue weighted by Gasteiger charge is 2.20. The summed E-state index contributed by atoms with van der Waals surface area (Å²) in [5.74, 6) is -2.86. The Bertz CT molecular complexity index is 588. The van der Waals surface area contributed by atoms with Gasteiger partial charge in [0.15, 0.2) is 0 Å². The number of hydrogen-bond acceptors (Lipinski definition) is 5. The Morgan fingerprint density at radius 2 is 1.57 bits per heavy atom. The molecule has 0 aliphatic heterocycles. The minimum Gasteiger partial charge on any atom is -0.478 e. The third-order valence-electron chi connectivity index (χ3n) is 2.37. The Labute approximate surface area is 121 Å². The van der Waals surface area contributed by atoms with Crippen molar-refractivity contribution in [1.82, 2.24) is 0 Å². The molecule has 0 amide bonds. The highest BCUT2D eigenvalue weighted by atomic mass is 16.5. The van der Waals surface area contributed by atoms with Gasteiger partial charge in [0.25, 0.3) is 0 Å². The van der Waals surface area contributed by atoms with Crippen molar-refractivity contribution in [2.45, 2.75) is 0 Å². The third-order valence-corrected chi connectivity index (χ3v) is 2.37. The number of rotatable bonds is 7. The second-order valence-electron chi connectivity index (χ2n) is 3.84. The maximum Gasteiger partial charge on any atom is 0.339 e. The van der Waals surface area contributed by atoms with Gasteiger partial charge in [0, 0.05) is 0 Å². The number of esters is 2. The molecule has 0 saturated heterocycles. The number of benzene rings is 1. The second kappa shape index (κ2) is 7.64. The van der Waals surface area contributed by atoms with Crippen LogP contribution in [-0.2, 0) is 9.47 Å². The lowest BCUT2D eigenvalue weighted by molar-refractivity contribution is 0.0527. The van der Waals surface area contributed by atoms with Gasteiger partial charge in [-0.05, 0) is 18.2 Å². The van der Waals surface area contributed by atoms with Crippen molar-refractivity contribution in [1.29, 1.82) is 0 Å². The first-order chi connectivity index (χ1) is 10.0. The molecule has 0 unspecified atom stereocenters. The van der Waals surface area contributed by atoms with Crippen molar-refractivity contribution in [2.24, 2.45) is 0 Å². The number of carboxylic acids is 1. The van der Waals surface area contributed by atoms with Crippen LogP contribution in [0.2, 0.25) is 0 Å². The van der Waals surface area contributed by atoms with E-state index in [1.807, 2.05) is 0 Å². The van der Waals surface area contributed by atoms with E-state index in [0.29, 0.717) is 0 Å². The first-order valence-electron chi connectivity index (χ1n) is 5.94. The van der Waals surface area contributed by atoms with Crippen molar-refractivity contribution in [3.8, 4) is 0 Å². The summed E-state index contributed by atoms with van der Waals surface area (Å²) in [6.07, 6.45) is 2.75. The fourth-order valence-corrected chi connectivity index (χ4v) is 1.46. The van der Waals surface area contributed by atoms with Gasteiger partial charge in [-0.25, -0.2) is 14.4 Å². The zero-order valence-corrected chi connectivity index (χ0v) is 11.2. The number of hydrogen-bond donors (Lipinski definition) is 1. The summed E-state index contributed by atoms with van der Waals surface area (Å²) >= 11 is 0. The maximum atomic E-state index is 11.7. The van der Waals surface area contributed by atoms with E-state index in [9.17, 15) is 14.4 Å². The lowest BCUT2D eigenvalue weighted by atomic mass is 10.0.